The summed E-state index contributed by atoms with van der Waals surface area (Å²) >= 11 is 2.11. The molecule has 0 fully saturated rings. The van der Waals surface area contributed by atoms with Gasteiger partial charge in [0, 0.05) is 5.69 Å². The molecule has 0 aliphatic heterocycles. The van der Waals surface area contributed by atoms with E-state index in [1.165, 1.54) is 6.08 Å². The Hall–Kier alpha value is -2.97. The maximum atomic E-state index is 12.6. The van der Waals surface area contributed by atoms with Crippen LogP contribution in [0.25, 0.3) is 6.08 Å². The van der Waals surface area contributed by atoms with Crippen LogP contribution in [0.5, 0.6) is 11.5 Å². The molecule has 0 saturated carbocycles. The third-order valence-corrected chi connectivity index (χ3v) is 4.87. The van der Waals surface area contributed by atoms with Crippen LogP contribution < -0.4 is 14.8 Å². The quantitative estimate of drug-likeness (QED) is 0.255. The van der Waals surface area contributed by atoms with Gasteiger partial charge in [0.2, 0.25) is 0 Å². The van der Waals surface area contributed by atoms with Crippen molar-refractivity contribution in [3.05, 3.63) is 56.2 Å². The summed E-state index contributed by atoms with van der Waals surface area (Å²) < 4.78 is 12.0. The van der Waals surface area contributed by atoms with E-state index in [1.807, 2.05) is 45.0 Å². The van der Waals surface area contributed by atoms with Gasteiger partial charge in [-0.1, -0.05) is 12.0 Å². The molecule has 0 aromatic heterocycles. The molecule has 1 amide bonds. The Bertz CT molecular complexity index is 1030. The van der Waals surface area contributed by atoms with Crippen LogP contribution in [0.4, 0.5) is 5.69 Å². The number of anilines is 1. The Morgan fingerprint density at radius 3 is 2.62 bits per heavy atom. The summed E-state index contributed by atoms with van der Waals surface area (Å²) in [5, 5.41) is 12.3. The Morgan fingerprint density at radius 2 is 2.00 bits per heavy atom. The van der Waals surface area contributed by atoms with Crippen molar-refractivity contribution in [1.29, 1.82) is 5.26 Å². The largest absolute Gasteiger partial charge is 0.490 e. The molecule has 0 saturated heterocycles. The highest BCUT2D eigenvalue weighted by Gasteiger charge is 2.14. The van der Waals surface area contributed by atoms with E-state index in [1.54, 1.807) is 12.1 Å². The number of halogens is 1. The molecule has 0 aliphatic rings. The highest BCUT2D eigenvalue weighted by molar-refractivity contribution is 14.1. The van der Waals surface area contributed by atoms with Crippen LogP contribution in [0.3, 0.4) is 0 Å². The molecule has 0 spiro atoms. The number of hydrogen-bond acceptors (Lipinski definition) is 4. The lowest BCUT2D eigenvalue weighted by molar-refractivity contribution is -0.112. The summed E-state index contributed by atoms with van der Waals surface area (Å²) in [6.07, 6.45) is 6.79. The van der Waals surface area contributed by atoms with Gasteiger partial charge in [-0.2, -0.15) is 5.26 Å². The van der Waals surface area contributed by atoms with E-state index in [9.17, 15) is 10.1 Å². The van der Waals surface area contributed by atoms with Crippen LogP contribution >= 0.6 is 22.6 Å². The Balaban J connectivity index is 2.33. The molecule has 1 N–H and O–H groups in total. The van der Waals surface area contributed by atoms with Crippen LogP contribution in [0, 0.1) is 41.1 Å². The van der Waals surface area contributed by atoms with Crippen LogP contribution in [-0.4, -0.2) is 19.1 Å². The van der Waals surface area contributed by atoms with Crippen molar-refractivity contribution < 1.29 is 14.3 Å². The second-order valence-electron chi connectivity index (χ2n) is 6.18. The maximum absolute atomic E-state index is 12.6. The molecule has 0 heterocycles. The number of ether oxygens (including phenoxy) is 2. The third kappa shape index (κ3) is 6.00. The molecule has 0 unspecified atom stereocenters. The molecule has 2 aromatic rings. The van der Waals surface area contributed by atoms with E-state index in [2.05, 4.69) is 33.8 Å². The minimum atomic E-state index is -0.476. The van der Waals surface area contributed by atoms with Crippen molar-refractivity contribution in [1.82, 2.24) is 0 Å². The van der Waals surface area contributed by atoms with Crippen LogP contribution in [0.1, 0.15) is 23.6 Å². The van der Waals surface area contributed by atoms with Crippen molar-refractivity contribution in [2.24, 2.45) is 0 Å². The number of nitriles is 1. The van der Waals surface area contributed by atoms with Gasteiger partial charge in [-0.3, -0.25) is 4.79 Å². The zero-order valence-corrected chi connectivity index (χ0v) is 18.7. The lowest BCUT2D eigenvalue weighted by Crippen LogP contribution is -2.13. The van der Waals surface area contributed by atoms with Crippen LogP contribution in [-0.2, 0) is 4.79 Å². The van der Waals surface area contributed by atoms with Gasteiger partial charge in [-0.05, 0) is 90.4 Å². The first-order valence-electron chi connectivity index (χ1n) is 8.92. The van der Waals surface area contributed by atoms with E-state index in [4.69, 9.17) is 15.9 Å². The van der Waals surface area contributed by atoms with E-state index in [0.29, 0.717) is 29.4 Å². The highest BCUT2D eigenvalue weighted by atomic mass is 127. The van der Waals surface area contributed by atoms with Crippen LogP contribution in [0.2, 0.25) is 0 Å². The first-order chi connectivity index (χ1) is 13.9. The van der Waals surface area contributed by atoms with Gasteiger partial charge in [-0.15, -0.1) is 6.42 Å². The van der Waals surface area contributed by atoms with Crippen molar-refractivity contribution >= 4 is 40.3 Å². The number of terminal acetylenes is 1. The first-order valence-corrected chi connectivity index (χ1v) is 10.0. The predicted octanol–water partition coefficient (Wildman–Crippen LogP) is 4.86. The SMILES string of the molecule is C#CCOc1c(I)cc(/C=C(\C#N)C(=O)Nc2ccc(C)c(C)c2)cc1OCC. The fraction of sp³-hybridized carbons (Fsp3) is 0.217. The Kier molecular flexibility index (Phi) is 8.11. The molecule has 29 heavy (non-hydrogen) atoms. The van der Waals surface area contributed by atoms with Crippen LogP contribution in [0.15, 0.2) is 35.9 Å². The van der Waals surface area contributed by atoms with Crippen molar-refractivity contribution in [3.8, 4) is 29.9 Å². The number of rotatable bonds is 7. The van der Waals surface area contributed by atoms with Gasteiger partial charge in [0.15, 0.2) is 11.5 Å². The highest BCUT2D eigenvalue weighted by Crippen LogP contribution is 2.35. The second-order valence-corrected chi connectivity index (χ2v) is 7.34. The smallest absolute Gasteiger partial charge is 0.266 e. The number of carbonyl (C=O) groups is 1. The number of aryl methyl sites for hydroxylation is 2. The van der Waals surface area contributed by atoms with Crippen molar-refractivity contribution in [2.75, 3.05) is 18.5 Å². The summed E-state index contributed by atoms with van der Waals surface area (Å²) in [4.78, 5) is 12.6. The molecule has 0 aliphatic carbocycles. The number of hydrogen-bond donors (Lipinski definition) is 1. The van der Waals surface area contributed by atoms with E-state index < -0.39 is 5.91 Å². The van der Waals surface area contributed by atoms with Gasteiger partial charge in [0.05, 0.1) is 10.2 Å². The molecule has 148 valence electrons. The summed E-state index contributed by atoms with van der Waals surface area (Å²) in [5.74, 6) is 3.00. The van der Waals surface area contributed by atoms with Gasteiger partial charge >= 0.3 is 0 Å². The summed E-state index contributed by atoms with van der Waals surface area (Å²) in [6, 6.07) is 11.1. The molecule has 6 heteroatoms. The lowest BCUT2D eigenvalue weighted by Gasteiger charge is -2.13. The Labute approximate surface area is 184 Å². The number of amides is 1. The number of carbonyl (C=O) groups excluding carboxylic acids is 1. The minimum absolute atomic E-state index is 0.0150. The summed E-state index contributed by atoms with van der Waals surface area (Å²) in [7, 11) is 0. The Morgan fingerprint density at radius 1 is 1.24 bits per heavy atom. The van der Waals surface area contributed by atoms with Gasteiger partial charge in [0.25, 0.3) is 5.91 Å². The molecule has 2 rings (SSSR count). The normalized spacial score (nSPS) is 10.6. The maximum Gasteiger partial charge on any atom is 0.266 e. The standard InChI is InChI=1S/C23H21IN2O3/c1-5-9-29-22-20(24)12-17(13-21(22)28-6-2)11-18(14-25)23(27)26-19-8-7-15(3)16(4)10-19/h1,7-8,10-13H,6,9H2,2-4H3,(H,26,27)/b18-11+. The topological polar surface area (TPSA) is 71.3 Å². The van der Waals surface area contributed by atoms with Crippen molar-refractivity contribution in [3.63, 3.8) is 0 Å². The second kappa shape index (κ2) is 10.5. The van der Waals surface area contributed by atoms with Crippen molar-refractivity contribution in [2.45, 2.75) is 20.8 Å². The zero-order valence-electron chi connectivity index (χ0n) is 16.5. The number of benzene rings is 2. The summed E-state index contributed by atoms with van der Waals surface area (Å²) in [5.41, 5.74) is 3.46. The van der Waals surface area contributed by atoms with E-state index >= 15 is 0 Å². The minimum Gasteiger partial charge on any atom is -0.490 e. The molecular weight excluding hydrogens is 479 g/mol. The third-order valence-electron chi connectivity index (χ3n) is 4.07. The van der Waals surface area contributed by atoms with Gasteiger partial charge in [-0.25, -0.2) is 0 Å². The van der Waals surface area contributed by atoms with Gasteiger partial charge < -0.3 is 14.8 Å². The van der Waals surface area contributed by atoms with E-state index in [0.717, 1.165) is 14.7 Å². The molecule has 0 radical (unpaired) electrons. The molecule has 5 nitrogen and oxygen atoms in total. The fourth-order valence-corrected chi connectivity index (χ4v) is 3.30. The average molecular weight is 500 g/mol. The molecule has 2 aromatic carbocycles. The van der Waals surface area contributed by atoms with Gasteiger partial charge in [0.1, 0.15) is 18.2 Å². The van der Waals surface area contributed by atoms with E-state index in [-0.39, 0.29) is 12.2 Å². The average Bonchev–Trinajstić information content (AvgIpc) is 2.68. The lowest BCUT2D eigenvalue weighted by atomic mass is 10.1. The number of nitrogens with one attached hydrogen (secondary N) is 1. The fourth-order valence-electron chi connectivity index (χ4n) is 2.52. The summed E-state index contributed by atoms with van der Waals surface area (Å²) in [6.45, 7) is 6.38. The zero-order chi connectivity index (χ0) is 21.4. The molecular formula is C23H21IN2O3. The first kappa shape index (κ1) is 22.3. The predicted molar refractivity (Wildman–Crippen MR) is 123 cm³/mol. The molecule has 0 bridgehead atoms. The number of nitrogens with zero attached hydrogens (tertiary/aromatic N) is 1. The molecule has 0 atom stereocenters. The monoisotopic (exact) mass is 500 g/mol.